The molecule has 3 aliphatic rings. The third kappa shape index (κ3) is 2.53. The summed E-state index contributed by atoms with van der Waals surface area (Å²) < 4.78 is 0. The van der Waals surface area contributed by atoms with Crippen LogP contribution in [0.4, 0.5) is 0 Å². The maximum Gasteiger partial charge on any atom is 0.0309 e. The van der Waals surface area contributed by atoms with Gasteiger partial charge < -0.3 is 5.32 Å². The van der Waals surface area contributed by atoms with Crippen LogP contribution in [-0.4, -0.2) is 36.1 Å². The van der Waals surface area contributed by atoms with Gasteiger partial charge in [0.1, 0.15) is 0 Å². The highest BCUT2D eigenvalue weighted by Crippen LogP contribution is 2.44. The van der Waals surface area contributed by atoms with Crippen LogP contribution in [0.25, 0.3) is 0 Å². The first-order valence-electron chi connectivity index (χ1n) is 7.72. The molecule has 1 N–H and O–H groups in total. The zero-order chi connectivity index (χ0) is 11.9. The number of hydrogen-bond donors (Lipinski definition) is 1. The summed E-state index contributed by atoms with van der Waals surface area (Å²) in [5.74, 6) is 1.98. The summed E-state index contributed by atoms with van der Waals surface area (Å²) in [4.78, 5) is 2.83. The number of hydrogen-bond acceptors (Lipinski definition) is 2. The van der Waals surface area contributed by atoms with Crippen LogP contribution in [0.15, 0.2) is 0 Å². The highest BCUT2D eigenvalue weighted by molar-refractivity contribution is 5.06. The molecule has 2 heteroatoms. The van der Waals surface area contributed by atoms with E-state index in [0.29, 0.717) is 5.54 Å². The molecular formula is C15H28N2. The minimum atomic E-state index is 0.430. The van der Waals surface area contributed by atoms with Crippen molar-refractivity contribution in [2.45, 2.75) is 64.0 Å². The molecule has 1 aliphatic heterocycles. The van der Waals surface area contributed by atoms with Crippen molar-refractivity contribution in [3.63, 3.8) is 0 Å². The topological polar surface area (TPSA) is 15.3 Å². The Morgan fingerprint density at radius 3 is 2.59 bits per heavy atom. The van der Waals surface area contributed by atoms with Crippen molar-refractivity contribution in [1.29, 1.82) is 0 Å². The minimum Gasteiger partial charge on any atom is -0.308 e. The zero-order valence-electron chi connectivity index (χ0n) is 11.5. The van der Waals surface area contributed by atoms with E-state index in [4.69, 9.17) is 0 Å². The Labute approximate surface area is 106 Å². The van der Waals surface area contributed by atoms with Crippen molar-refractivity contribution in [2.24, 2.45) is 11.8 Å². The van der Waals surface area contributed by atoms with Gasteiger partial charge in [0.05, 0.1) is 0 Å². The van der Waals surface area contributed by atoms with Crippen LogP contribution < -0.4 is 5.32 Å². The molecule has 0 aromatic heterocycles. The van der Waals surface area contributed by atoms with Crippen LogP contribution in [0, 0.1) is 11.8 Å². The van der Waals surface area contributed by atoms with E-state index in [0.717, 1.165) is 17.9 Å². The number of piperazine rings is 1. The third-order valence-electron chi connectivity index (χ3n) is 5.16. The van der Waals surface area contributed by atoms with E-state index in [1.807, 2.05) is 0 Å². The van der Waals surface area contributed by atoms with E-state index in [-0.39, 0.29) is 0 Å². The predicted octanol–water partition coefficient (Wildman–Crippen LogP) is 2.64. The van der Waals surface area contributed by atoms with E-state index in [1.165, 1.54) is 58.2 Å². The highest BCUT2D eigenvalue weighted by atomic mass is 15.3. The van der Waals surface area contributed by atoms with Gasteiger partial charge in [0.15, 0.2) is 0 Å². The van der Waals surface area contributed by atoms with Crippen molar-refractivity contribution in [3.8, 4) is 0 Å². The third-order valence-corrected chi connectivity index (χ3v) is 5.16. The zero-order valence-corrected chi connectivity index (χ0v) is 11.5. The van der Waals surface area contributed by atoms with Crippen molar-refractivity contribution in [2.75, 3.05) is 19.6 Å². The van der Waals surface area contributed by atoms with Gasteiger partial charge in [0.25, 0.3) is 0 Å². The second-order valence-corrected chi connectivity index (χ2v) is 6.80. The van der Waals surface area contributed by atoms with E-state index in [2.05, 4.69) is 24.1 Å². The Kier molecular flexibility index (Phi) is 3.20. The molecule has 0 bridgehead atoms. The largest absolute Gasteiger partial charge is 0.308 e. The van der Waals surface area contributed by atoms with Gasteiger partial charge in [-0.2, -0.15) is 0 Å². The van der Waals surface area contributed by atoms with Crippen LogP contribution in [0.2, 0.25) is 0 Å². The second-order valence-electron chi connectivity index (χ2n) is 6.80. The molecule has 3 rings (SSSR count). The first kappa shape index (κ1) is 12.0. The van der Waals surface area contributed by atoms with Gasteiger partial charge in [-0.3, -0.25) is 4.90 Å². The molecule has 1 heterocycles. The Morgan fingerprint density at radius 2 is 2.00 bits per heavy atom. The fourth-order valence-electron chi connectivity index (χ4n) is 3.61. The summed E-state index contributed by atoms with van der Waals surface area (Å²) in [6.07, 6.45) is 8.59. The van der Waals surface area contributed by atoms with Crippen molar-refractivity contribution in [3.05, 3.63) is 0 Å². The maximum absolute atomic E-state index is 3.89. The summed E-state index contributed by atoms with van der Waals surface area (Å²) >= 11 is 0. The van der Waals surface area contributed by atoms with Gasteiger partial charge in [-0.15, -0.1) is 0 Å². The second kappa shape index (κ2) is 4.55. The van der Waals surface area contributed by atoms with Crippen LogP contribution in [0.3, 0.4) is 0 Å². The molecule has 3 fully saturated rings. The van der Waals surface area contributed by atoms with Crippen molar-refractivity contribution < 1.29 is 0 Å². The monoisotopic (exact) mass is 236 g/mol. The van der Waals surface area contributed by atoms with Gasteiger partial charge in [-0.1, -0.05) is 13.3 Å². The van der Waals surface area contributed by atoms with Crippen LogP contribution in [0.5, 0.6) is 0 Å². The molecule has 0 spiro atoms. The molecule has 98 valence electrons. The summed E-state index contributed by atoms with van der Waals surface area (Å²) in [7, 11) is 0. The van der Waals surface area contributed by atoms with Crippen LogP contribution in [0.1, 0.15) is 52.4 Å². The van der Waals surface area contributed by atoms with E-state index < -0.39 is 0 Å². The minimum absolute atomic E-state index is 0.430. The highest BCUT2D eigenvalue weighted by Gasteiger charge is 2.48. The average molecular weight is 236 g/mol. The first-order valence-corrected chi connectivity index (χ1v) is 7.72. The molecular weight excluding hydrogens is 208 g/mol. The molecule has 17 heavy (non-hydrogen) atoms. The normalized spacial score (nSPS) is 39.5. The molecule has 2 nitrogen and oxygen atoms in total. The van der Waals surface area contributed by atoms with Gasteiger partial charge in [-0.25, -0.2) is 0 Å². The quantitative estimate of drug-likeness (QED) is 0.789. The molecule has 2 atom stereocenters. The molecule has 2 aliphatic carbocycles. The van der Waals surface area contributed by atoms with E-state index in [1.54, 1.807) is 0 Å². The average Bonchev–Trinajstić information content (AvgIpc) is 3.19. The molecule has 0 radical (unpaired) electrons. The number of rotatable bonds is 5. The number of nitrogens with zero attached hydrogens (tertiary/aromatic N) is 1. The smallest absolute Gasteiger partial charge is 0.0309 e. The Morgan fingerprint density at radius 1 is 1.24 bits per heavy atom. The number of unbranched alkanes of at least 4 members (excludes halogenated alkanes) is 1. The predicted molar refractivity (Wildman–Crippen MR) is 72.1 cm³/mol. The fourth-order valence-corrected chi connectivity index (χ4v) is 3.61. The molecule has 2 saturated carbocycles. The molecule has 2 unspecified atom stereocenters. The van der Waals surface area contributed by atoms with Gasteiger partial charge in [-0.05, 0) is 57.4 Å². The standard InChI is InChI=1S/C15H28N2/c1-3-4-9-17-11-15(2,13-7-8-13)16-10-14(17)12-5-6-12/h12-14,16H,3-11H2,1-2H3. The number of nitrogens with one attached hydrogen (secondary N) is 1. The maximum atomic E-state index is 3.89. The molecule has 0 amide bonds. The fraction of sp³-hybridized carbons (Fsp3) is 1.00. The van der Waals surface area contributed by atoms with Gasteiger partial charge in [0.2, 0.25) is 0 Å². The van der Waals surface area contributed by atoms with Crippen molar-refractivity contribution in [1.82, 2.24) is 10.2 Å². The van der Waals surface area contributed by atoms with E-state index in [9.17, 15) is 0 Å². The first-order chi connectivity index (χ1) is 8.23. The van der Waals surface area contributed by atoms with Gasteiger partial charge >= 0.3 is 0 Å². The lowest BCUT2D eigenvalue weighted by Crippen LogP contribution is -2.64. The summed E-state index contributed by atoms with van der Waals surface area (Å²) in [6, 6.07) is 0.855. The molecule has 0 aromatic carbocycles. The molecule has 1 saturated heterocycles. The lowest BCUT2D eigenvalue weighted by atomic mass is 9.89. The summed E-state index contributed by atoms with van der Waals surface area (Å²) in [5.41, 5.74) is 0.430. The van der Waals surface area contributed by atoms with Crippen LogP contribution >= 0.6 is 0 Å². The lowest BCUT2D eigenvalue weighted by molar-refractivity contribution is 0.0631. The van der Waals surface area contributed by atoms with Crippen LogP contribution in [-0.2, 0) is 0 Å². The summed E-state index contributed by atoms with van der Waals surface area (Å²) in [6.45, 7) is 8.67. The van der Waals surface area contributed by atoms with E-state index >= 15 is 0 Å². The van der Waals surface area contributed by atoms with Crippen molar-refractivity contribution >= 4 is 0 Å². The lowest BCUT2D eigenvalue weighted by Gasteiger charge is -2.47. The SMILES string of the molecule is CCCCN1CC(C)(C2CC2)NCC1C1CC1. The Balaban J connectivity index is 1.64. The molecule has 0 aromatic rings. The van der Waals surface area contributed by atoms with Gasteiger partial charge in [0, 0.05) is 24.7 Å². The summed E-state index contributed by atoms with van der Waals surface area (Å²) in [5, 5.41) is 3.89. The Bertz CT molecular complexity index is 270. The Hall–Kier alpha value is -0.0800.